The molecule has 1 aromatic heterocycles. The Morgan fingerprint density at radius 3 is 2.40 bits per heavy atom. The minimum atomic E-state index is -3.86. The lowest BCUT2D eigenvalue weighted by Gasteiger charge is -2.08. The molecule has 0 unspecified atom stereocenters. The SMILES string of the molecule is CNc1ncc(S(=O)(=O)NCCS(=O)(=O)NC)cc1Cl. The highest BCUT2D eigenvalue weighted by Crippen LogP contribution is 2.21. The van der Waals surface area contributed by atoms with Crippen LogP contribution in [0.1, 0.15) is 0 Å². The molecule has 0 saturated heterocycles. The monoisotopic (exact) mass is 342 g/mol. The summed E-state index contributed by atoms with van der Waals surface area (Å²) in [5.41, 5.74) is 0. The van der Waals surface area contributed by atoms with Crippen LogP contribution in [0.5, 0.6) is 0 Å². The molecular formula is C9H15ClN4O4S2. The van der Waals surface area contributed by atoms with E-state index in [1.54, 1.807) is 7.05 Å². The Hall–Kier alpha value is -0.940. The highest BCUT2D eigenvalue weighted by molar-refractivity contribution is 7.90. The van der Waals surface area contributed by atoms with Crippen molar-refractivity contribution in [3.63, 3.8) is 0 Å². The summed E-state index contributed by atoms with van der Waals surface area (Å²) < 4.78 is 50.4. The van der Waals surface area contributed by atoms with Gasteiger partial charge in [-0.25, -0.2) is 31.3 Å². The van der Waals surface area contributed by atoms with E-state index in [1.807, 2.05) is 0 Å². The van der Waals surface area contributed by atoms with Crippen LogP contribution in [0, 0.1) is 0 Å². The third-order valence-corrected chi connectivity index (χ3v) is 5.42. The van der Waals surface area contributed by atoms with Crippen LogP contribution in [0.25, 0.3) is 0 Å². The molecule has 0 aliphatic rings. The fourth-order valence-electron chi connectivity index (χ4n) is 1.25. The molecule has 0 aliphatic heterocycles. The maximum atomic E-state index is 11.9. The van der Waals surface area contributed by atoms with Gasteiger partial charge < -0.3 is 5.32 Å². The molecule has 1 rings (SSSR count). The van der Waals surface area contributed by atoms with Gasteiger partial charge in [-0.15, -0.1) is 0 Å². The first-order chi connectivity index (χ1) is 9.22. The fraction of sp³-hybridized carbons (Fsp3) is 0.444. The summed E-state index contributed by atoms with van der Waals surface area (Å²) in [7, 11) is -4.47. The molecule has 0 spiro atoms. The first-order valence-electron chi connectivity index (χ1n) is 5.46. The number of hydrogen-bond acceptors (Lipinski definition) is 6. The standard InChI is InChI=1S/C9H15ClN4O4S2/c1-11-9-8(10)5-7(6-13-9)20(17,18)14-3-4-19(15,16)12-2/h5-6,12,14H,3-4H2,1-2H3,(H,11,13). The first kappa shape index (κ1) is 17.1. The molecule has 0 amide bonds. The zero-order chi connectivity index (χ0) is 15.4. The molecule has 20 heavy (non-hydrogen) atoms. The second kappa shape index (κ2) is 6.68. The quantitative estimate of drug-likeness (QED) is 0.621. The van der Waals surface area contributed by atoms with Crippen LogP contribution < -0.4 is 14.8 Å². The average Bonchev–Trinajstić information content (AvgIpc) is 2.38. The number of nitrogens with one attached hydrogen (secondary N) is 3. The first-order valence-corrected chi connectivity index (χ1v) is 8.97. The maximum Gasteiger partial charge on any atom is 0.242 e. The van der Waals surface area contributed by atoms with Crippen LogP contribution in [-0.2, 0) is 20.0 Å². The molecule has 1 aromatic rings. The van der Waals surface area contributed by atoms with Gasteiger partial charge in [-0.3, -0.25) is 0 Å². The largest absolute Gasteiger partial charge is 0.372 e. The minimum absolute atomic E-state index is 0.136. The summed E-state index contributed by atoms with van der Waals surface area (Å²) >= 11 is 5.84. The smallest absolute Gasteiger partial charge is 0.242 e. The lowest BCUT2D eigenvalue weighted by molar-refractivity contribution is 0.578. The lowest BCUT2D eigenvalue weighted by Crippen LogP contribution is -2.33. The van der Waals surface area contributed by atoms with E-state index in [0.29, 0.717) is 5.82 Å². The van der Waals surface area contributed by atoms with Gasteiger partial charge in [0.25, 0.3) is 0 Å². The van der Waals surface area contributed by atoms with Crippen molar-refractivity contribution in [1.82, 2.24) is 14.4 Å². The fourth-order valence-corrected chi connectivity index (χ4v) is 3.28. The van der Waals surface area contributed by atoms with Gasteiger partial charge in [-0.1, -0.05) is 11.6 Å². The van der Waals surface area contributed by atoms with Crippen molar-refractivity contribution in [2.75, 3.05) is 31.7 Å². The van der Waals surface area contributed by atoms with Gasteiger partial charge >= 0.3 is 0 Å². The topological polar surface area (TPSA) is 117 Å². The van der Waals surface area contributed by atoms with E-state index in [1.165, 1.54) is 13.1 Å². The van der Waals surface area contributed by atoms with E-state index in [0.717, 1.165) is 6.20 Å². The molecule has 0 radical (unpaired) electrons. The lowest BCUT2D eigenvalue weighted by atomic mass is 10.4. The molecule has 0 aromatic carbocycles. The van der Waals surface area contributed by atoms with Crippen LogP contribution in [0.4, 0.5) is 5.82 Å². The molecule has 0 aliphatic carbocycles. The minimum Gasteiger partial charge on any atom is -0.372 e. The second-order valence-electron chi connectivity index (χ2n) is 3.67. The van der Waals surface area contributed by atoms with Crippen molar-refractivity contribution in [1.29, 1.82) is 0 Å². The number of pyridine rings is 1. The normalized spacial score (nSPS) is 12.3. The van der Waals surface area contributed by atoms with Crippen molar-refractivity contribution < 1.29 is 16.8 Å². The molecular weight excluding hydrogens is 328 g/mol. The highest BCUT2D eigenvalue weighted by Gasteiger charge is 2.17. The molecule has 8 nitrogen and oxygen atoms in total. The zero-order valence-corrected chi connectivity index (χ0v) is 13.2. The highest BCUT2D eigenvalue weighted by atomic mass is 35.5. The van der Waals surface area contributed by atoms with Gasteiger partial charge in [0.15, 0.2) is 0 Å². The summed E-state index contributed by atoms with van der Waals surface area (Å²) in [6.45, 7) is -0.253. The van der Waals surface area contributed by atoms with Crippen LogP contribution in [0.3, 0.4) is 0 Å². The van der Waals surface area contributed by atoms with Crippen LogP contribution in [0.15, 0.2) is 17.2 Å². The number of hydrogen-bond donors (Lipinski definition) is 3. The van der Waals surface area contributed by atoms with Crippen molar-refractivity contribution in [3.8, 4) is 0 Å². The maximum absolute atomic E-state index is 11.9. The van der Waals surface area contributed by atoms with Crippen LogP contribution in [-0.4, -0.2) is 48.2 Å². The van der Waals surface area contributed by atoms with E-state index in [2.05, 4.69) is 19.7 Å². The Morgan fingerprint density at radius 1 is 1.25 bits per heavy atom. The van der Waals surface area contributed by atoms with E-state index in [-0.39, 0.29) is 22.2 Å². The third kappa shape index (κ3) is 4.56. The van der Waals surface area contributed by atoms with Crippen molar-refractivity contribution in [3.05, 3.63) is 17.3 Å². The number of halogens is 1. The van der Waals surface area contributed by atoms with Gasteiger partial charge in [0.05, 0.1) is 10.8 Å². The predicted octanol–water partition coefficient (Wildman–Crippen LogP) is -0.396. The predicted molar refractivity (Wildman–Crippen MR) is 76.8 cm³/mol. The Kier molecular flexibility index (Phi) is 5.71. The Balaban J connectivity index is 2.82. The third-order valence-electron chi connectivity index (χ3n) is 2.34. The van der Waals surface area contributed by atoms with Gasteiger partial charge in [0.1, 0.15) is 10.7 Å². The van der Waals surface area contributed by atoms with Crippen molar-refractivity contribution in [2.45, 2.75) is 4.90 Å². The Morgan fingerprint density at radius 2 is 1.90 bits per heavy atom. The molecule has 0 fully saturated rings. The van der Waals surface area contributed by atoms with Crippen molar-refractivity contribution >= 4 is 37.5 Å². The molecule has 0 atom stereocenters. The molecule has 114 valence electrons. The molecule has 1 heterocycles. The summed E-state index contributed by atoms with van der Waals surface area (Å²) in [6.07, 6.45) is 1.13. The molecule has 11 heteroatoms. The number of aromatic nitrogens is 1. The number of sulfonamides is 2. The molecule has 0 bridgehead atoms. The Bertz CT molecular complexity index is 675. The zero-order valence-electron chi connectivity index (χ0n) is 10.8. The van der Waals surface area contributed by atoms with Crippen molar-refractivity contribution in [2.24, 2.45) is 0 Å². The number of nitrogens with zero attached hydrogens (tertiary/aromatic N) is 1. The van der Waals surface area contributed by atoms with Gasteiger partial charge in [0, 0.05) is 19.8 Å². The molecule has 0 saturated carbocycles. The summed E-state index contributed by atoms with van der Waals surface area (Å²) in [5, 5.41) is 2.85. The van der Waals surface area contributed by atoms with Crippen LogP contribution >= 0.6 is 11.6 Å². The van der Waals surface area contributed by atoms with Crippen LogP contribution in [0.2, 0.25) is 5.02 Å². The van der Waals surface area contributed by atoms with E-state index < -0.39 is 20.0 Å². The summed E-state index contributed by atoms with van der Waals surface area (Å²) in [4.78, 5) is 3.71. The summed E-state index contributed by atoms with van der Waals surface area (Å²) in [5.74, 6) is -0.0123. The Labute approximate surface area is 123 Å². The summed E-state index contributed by atoms with van der Waals surface area (Å²) in [6, 6.07) is 1.23. The molecule has 3 N–H and O–H groups in total. The van der Waals surface area contributed by atoms with E-state index in [4.69, 9.17) is 11.6 Å². The van der Waals surface area contributed by atoms with E-state index in [9.17, 15) is 16.8 Å². The number of rotatable bonds is 7. The van der Waals surface area contributed by atoms with E-state index >= 15 is 0 Å². The average molecular weight is 343 g/mol. The van der Waals surface area contributed by atoms with Gasteiger partial charge in [0.2, 0.25) is 20.0 Å². The van der Waals surface area contributed by atoms with Gasteiger partial charge in [-0.05, 0) is 13.1 Å². The number of anilines is 1. The second-order valence-corrected chi connectivity index (χ2v) is 7.89. The van der Waals surface area contributed by atoms with Gasteiger partial charge in [-0.2, -0.15) is 0 Å².